The van der Waals surface area contributed by atoms with Gasteiger partial charge in [0, 0.05) is 58.4 Å². The average molecular weight is 500 g/mol. The number of nitrogens with one attached hydrogen (secondary N) is 1. The molecule has 0 radical (unpaired) electrons. The number of thiophene rings is 1. The first-order valence-corrected chi connectivity index (χ1v) is 12.7. The number of aryl methyl sites for hydroxylation is 1. The van der Waals surface area contributed by atoms with E-state index in [1.165, 1.54) is 16.5 Å². The number of halogens is 1. The van der Waals surface area contributed by atoms with Crippen molar-refractivity contribution in [3.05, 3.63) is 70.5 Å². The molecule has 180 valence electrons. The molecule has 7 nitrogen and oxygen atoms in total. The van der Waals surface area contributed by atoms with Gasteiger partial charge in [-0.05, 0) is 29.8 Å². The van der Waals surface area contributed by atoms with Crippen LogP contribution in [0.5, 0.6) is 0 Å². The second kappa shape index (κ2) is 8.11. The van der Waals surface area contributed by atoms with E-state index in [2.05, 4.69) is 39.6 Å². The molecule has 1 saturated heterocycles. The van der Waals surface area contributed by atoms with E-state index in [-0.39, 0.29) is 11.5 Å². The zero-order valence-electron chi connectivity index (χ0n) is 19.5. The zero-order valence-corrected chi connectivity index (χ0v) is 20.4. The van der Waals surface area contributed by atoms with E-state index < -0.39 is 5.82 Å². The van der Waals surface area contributed by atoms with E-state index >= 15 is 0 Å². The minimum atomic E-state index is -0.493. The fourth-order valence-corrected chi connectivity index (χ4v) is 6.32. The van der Waals surface area contributed by atoms with Crippen molar-refractivity contribution in [1.29, 1.82) is 0 Å². The Hall–Kier alpha value is -3.82. The first kappa shape index (κ1) is 21.5. The van der Waals surface area contributed by atoms with Crippen molar-refractivity contribution in [1.82, 2.24) is 24.9 Å². The number of aromatic nitrogens is 4. The third-order valence-electron chi connectivity index (χ3n) is 7.09. The normalized spacial score (nSPS) is 14.9. The Morgan fingerprint density at radius 1 is 1.11 bits per heavy atom. The number of hydrogen-bond acceptors (Lipinski definition) is 5. The number of carbonyl (C=O) groups is 1. The van der Waals surface area contributed by atoms with Crippen LogP contribution in [0.1, 0.15) is 20.8 Å². The second-order valence-electron chi connectivity index (χ2n) is 9.19. The molecular weight excluding hydrogens is 477 g/mol. The lowest BCUT2D eigenvalue weighted by Crippen LogP contribution is -2.41. The van der Waals surface area contributed by atoms with Crippen molar-refractivity contribution in [2.75, 3.05) is 26.3 Å². The van der Waals surface area contributed by atoms with Gasteiger partial charge in [-0.1, -0.05) is 18.2 Å². The number of aromatic amines is 1. The molecular formula is C27H22FN5O2S. The molecule has 0 unspecified atom stereocenters. The molecule has 0 spiro atoms. The molecule has 9 heteroatoms. The summed E-state index contributed by atoms with van der Waals surface area (Å²) in [6, 6.07) is 13.3. The molecule has 1 fully saturated rings. The maximum absolute atomic E-state index is 15.0. The molecule has 2 aromatic carbocycles. The summed E-state index contributed by atoms with van der Waals surface area (Å²) >= 11 is 1.66. The van der Waals surface area contributed by atoms with E-state index in [4.69, 9.17) is 4.74 Å². The number of ether oxygens (including phenoxy) is 1. The van der Waals surface area contributed by atoms with Crippen LogP contribution >= 0.6 is 11.3 Å². The predicted octanol–water partition coefficient (Wildman–Crippen LogP) is 4.87. The van der Waals surface area contributed by atoms with Crippen molar-refractivity contribution >= 4 is 28.1 Å². The van der Waals surface area contributed by atoms with Crippen LogP contribution in [0.25, 0.3) is 43.9 Å². The lowest BCUT2D eigenvalue weighted by molar-refractivity contribution is 0.0300. The predicted molar refractivity (Wildman–Crippen MR) is 137 cm³/mol. The van der Waals surface area contributed by atoms with Gasteiger partial charge in [0.1, 0.15) is 5.82 Å². The molecule has 0 bridgehead atoms. The number of carbonyl (C=O) groups excluding carboxylic acids is 1. The number of fused-ring (bicyclic) bond motifs is 4. The van der Waals surface area contributed by atoms with Gasteiger partial charge in [0.25, 0.3) is 5.91 Å². The summed E-state index contributed by atoms with van der Waals surface area (Å²) in [7, 11) is 1.94. The fraction of sp³-hybridized carbons (Fsp3) is 0.222. The summed E-state index contributed by atoms with van der Waals surface area (Å²) in [4.78, 5) is 16.6. The van der Waals surface area contributed by atoms with E-state index in [1.807, 2.05) is 24.0 Å². The Morgan fingerprint density at radius 2 is 1.94 bits per heavy atom. The van der Waals surface area contributed by atoms with Crippen molar-refractivity contribution in [2.45, 2.75) is 6.42 Å². The van der Waals surface area contributed by atoms with E-state index in [0.29, 0.717) is 26.3 Å². The Bertz CT molecular complexity index is 1660. The number of morpholine rings is 1. The lowest BCUT2D eigenvalue weighted by Gasteiger charge is -2.27. The van der Waals surface area contributed by atoms with Crippen LogP contribution in [0.3, 0.4) is 0 Å². The molecule has 1 aliphatic heterocycles. The zero-order chi connectivity index (χ0) is 24.4. The van der Waals surface area contributed by atoms with Crippen LogP contribution in [0.15, 0.2) is 48.7 Å². The smallest absolute Gasteiger partial charge is 0.256 e. The monoisotopic (exact) mass is 499 g/mol. The topological polar surface area (TPSA) is 76.0 Å². The molecule has 36 heavy (non-hydrogen) atoms. The van der Waals surface area contributed by atoms with Crippen molar-refractivity contribution in [3.8, 4) is 33.0 Å². The number of benzene rings is 2. The van der Waals surface area contributed by atoms with Gasteiger partial charge in [-0.2, -0.15) is 10.2 Å². The van der Waals surface area contributed by atoms with E-state index in [9.17, 15) is 9.18 Å². The largest absolute Gasteiger partial charge is 0.378 e. The van der Waals surface area contributed by atoms with Crippen molar-refractivity contribution in [2.24, 2.45) is 7.05 Å². The highest BCUT2D eigenvalue weighted by atomic mass is 32.1. The number of nitrogens with zero attached hydrogens (tertiary/aromatic N) is 4. The van der Waals surface area contributed by atoms with Crippen LogP contribution in [-0.2, 0) is 18.2 Å². The SMILES string of the molecule is Cn1ncc2ccc(-c3n[nH]c4c3Cc3sc(-c5ccc(C(=O)N6CCOCC6)c(F)c5)cc3-4)cc21. The summed E-state index contributed by atoms with van der Waals surface area (Å²) in [6.07, 6.45) is 2.64. The van der Waals surface area contributed by atoms with Gasteiger partial charge in [-0.25, -0.2) is 4.39 Å². The third kappa shape index (κ3) is 3.30. The van der Waals surface area contributed by atoms with Crippen LogP contribution < -0.4 is 0 Å². The van der Waals surface area contributed by atoms with Crippen LogP contribution in [0.4, 0.5) is 4.39 Å². The van der Waals surface area contributed by atoms with Crippen LogP contribution in [0, 0.1) is 5.82 Å². The lowest BCUT2D eigenvalue weighted by atomic mass is 10.0. The van der Waals surface area contributed by atoms with Crippen molar-refractivity contribution in [3.63, 3.8) is 0 Å². The van der Waals surface area contributed by atoms with Gasteiger partial charge in [-0.15, -0.1) is 11.3 Å². The first-order chi connectivity index (χ1) is 17.6. The maximum Gasteiger partial charge on any atom is 0.256 e. The molecule has 0 saturated carbocycles. The van der Waals surface area contributed by atoms with E-state index in [0.717, 1.165) is 50.3 Å². The number of rotatable bonds is 3. The van der Waals surface area contributed by atoms with Gasteiger partial charge in [0.15, 0.2) is 0 Å². The molecule has 1 N–H and O–H groups in total. The third-order valence-corrected chi connectivity index (χ3v) is 8.27. The highest BCUT2D eigenvalue weighted by Crippen LogP contribution is 2.46. The Balaban J connectivity index is 1.18. The van der Waals surface area contributed by atoms with Crippen LogP contribution in [-0.4, -0.2) is 57.1 Å². The molecule has 1 amide bonds. The Labute approximate surface area is 210 Å². The summed E-state index contributed by atoms with van der Waals surface area (Å²) in [6.45, 7) is 1.95. The Kier molecular flexibility index (Phi) is 4.83. The highest BCUT2D eigenvalue weighted by molar-refractivity contribution is 7.16. The van der Waals surface area contributed by atoms with Gasteiger partial charge in [0.2, 0.25) is 0 Å². The molecule has 4 heterocycles. The number of H-pyrrole nitrogens is 1. The van der Waals surface area contributed by atoms with Gasteiger partial charge in [-0.3, -0.25) is 14.6 Å². The molecule has 0 atom stereocenters. The maximum atomic E-state index is 15.0. The average Bonchev–Trinajstić information content (AvgIpc) is 3.66. The molecule has 2 aliphatic rings. The minimum Gasteiger partial charge on any atom is -0.378 e. The summed E-state index contributed by atoms with van der Waals surface area (Å²) < 4.78 is 22.2. The van der Waals surface area contributed by atoms with Gasteiger partial charge in [0.05, 0.1) is 41.9 Å². The molecule has 7 rings (SSSR count). The molecule has 3 aromatic heterocycles. The minimum absolute atomic E-state index is 0.107. The fourth-order valence-electron chi connectivity index (χ4n) is 5.14. The standard InChI is InChI=1S/C27H22FN5O2S/c1-32-22-11-16(2-3-17(22)14-29-32)25-20-13-24-19(26(20)31-30-25)12-23(36-24)15-4-5-18(21(28)10-15)27(34)33-6-8-35-9-7-33/h2-5,10-12,14H,6-9,13H2,1H3,(H,30,31). The van der Waals surface area contributed by atoms with E-state index in [1.54, 1.807) is 22.3 Å². The highest BCUT2D eigenvalue weighted by Gasteiger charge is 2.28. The summed E-state index contributed by atoms with van der Waals surface area (Å²) in [5.41, 5.74) is 7.27. The number of amides is 1. The quantitative estimate of drug-likeness (QED) is 0.377. The second-order valence-corrected chi connectivity index (χ2v) is 10.3. The first-order valence-electron chi connectivity index (χ1n) is 11.9. The Morgan fingerprint density at radius 3 is 2.78 bits per heavy atom. The summed E-state index contributed by atoms with van der Waals surface area (Å²) in [5.74, 6) is -0.775. The van der Waals surface area contributed by atoms with Crippen molar-refractivity contribution < 1.29 is 13.9 Å². The number of hydrogen-bond donors (Lipinski definition) is 1. The molecule has 1 aliphatic carbocycles. The van der Waals surface area contributed by atoms with Gasteiger partial charge < -0.3 is 9.64 Å². The van der Waals surface area contributed by atoms with Gasteiger partial charge >= 0.3 is 0 Å². The summed E-state index contributed by atoms with van der Waals surface area (Å²) in [5, 5.41) is 13.3. The molecule has 5 aromatic rings. The van der Waals surface area contributed by atoms with Crippen LogP contribution in [0.2, 0.25) is 0 Å².